The number of nitrogens with zero attached hydrogens (tertiary/aromatic N) is 2. The Balaban J connectivity index is 2.98. The first-order valence-electron chi connectivity index (χ1n) is 6.58. The predicted molar refractivity (Wildman–Crippen MR) is 75.1 cm³/mol. The van der Waals surface area contributed by atoms with E-state index in [1.54, 1.807) is 20.8 Å². The second kappa shape index (κ2) is 7.16. The van der Waals surface area contributed by atoms with Crippen LogP contribution in [-0.4, -0.2) is 49.2 Å². The first-order chi connectivity index (χ1) is 9.33. The van der Waals surface area contributed by atoms with E-state index in [-0.39, 0.29) is 24.1 Å². The van der Waals surface area contributed by atoms with Crippen molar-refractivity contribution in [2.45, 2.75) is 45.2 Å². The van der Waals surface area contributed by atoms with E-state index in [9.17, 15) is 8.42 Å². The van der Waals surface area contributed by atoms with E-state index in [0.29, 0.717) is 24.6 Å². The summed E-state index contributed by atoms with van der Waals surface area (Å²) in [6, 6.07) is -0.319. The molecule has 0 bridgehead atoms. The first kappa shape index (κ1) is 17.1. The largest absolute Gasteiger partial charge is 0.394 e. The fraction of sp³-hybridized carbons (Fsp3) is 0.750. The molecule has 0 saturated carbocycles. The molecular weight excluding hydrogens is 282 g/mol. The highest BCUT2D eigenvalue weighted by Crippen LogP contribution is 2.19. The number of hydrogen-bond acceptors (Lipinski definition) is 5. The number of aryl methyl sites for hydroxylation is 1. The highest BCUT2D eigenvalue weighted by atomic mass is 32.2. The molecule has 20 heavy (non-hydrogen) atoms. The minimum Gasteiger partial charge on any atom is -0.394 e. The molecule has 0 aliphatic rings. The van der Waals surface area contributed by atoms with Crippen LogP contribution >= 0.6 is 0 Å². The summed E-state index contributed by atoms with van der Waals surface area (Å²) < 4.78 is 34.0. The van der Waals surface area contributed by atoms with Crippen molar-refractivity contribution in [1.82, 2.24) is 14.5 Å². The summed E-state index contributed by atoms with van der Waals surface area (Å²) >= 11 is 0. The minimum absolute atomic E-state index is 0.0877. The van der Waals surface area contributed by atoms with Crippen molar-refractivity contribution in [2.75, 3.05) is 19.8 Å². The molecule has 1 atom stereocenters. The number of rotatable bonds is 8. The number of aromatic nitrogens is 2. The van der Waals surface area contributed by atoms with Crippen LogP contribution in [0.2, 0.25) is 0 Å². The molecule has 1 aromatic rings. The molecule has 0 amide bonds. The van der Waals surface area contributed by atoms with E-state index in [1.165, 1.54) is 4.68 Å². The smallest absolute Gasteiger partial charge is 0.244 e. The Morgan fingerprint density at radius 1 is 1.45 bits per heavy atom. The lowest BCUT2D eigenvalue weighted by molar-refractivity contribution is 0.133. The SMILES string of the molecule is CCOCC(C)NS(=O)(=O)c1c(C)nn(CCO)c1C. The van der Waals surface area contributed by atoms with Crippen LogP contribution in [0.15, 0.2) is 4.90 Å². The Hall–Kier alpha value is -0.960. The number of nitrogens with one attached hydrogen (secondary N) is 1. The van der Waals surface area contributed by atoms with Gasteiger partial charge in [-0.2, -0.15) is 5.10 Å². The molecular formula is C12H23N3O4S. The van der Waals surface area contributed by atoms with E-state index in [1.807, 2.05) is 6.92 Å². The maximum absolute atomic E-state index is 12.4. The molecule has 1 unspecified atom stereocenters. The number of aliphatic hydroxyl groups excluding tert-OH is 1. The van der Waals surface area contributed by atoms with Gasteiger partial charge in [-0.3, -0.25) is 4.68 Å². The van der Waals surface area contributed by atoms with Gasteiger partial charge in [0.15, 0.2) is 0 Å². The molecule has 0 saturated heterocycles. The second-order valence-electron chi connectivity index (χ2n) is 4.63. The molecule has 2 N–H and O–H groups in total. The van der Waals surface area contributed by atoms with Crippen molar-refractivity contribution in [2.24, 2.45) is 0 Å². The van der Waals surface area contributed by atoms with E-state index in [2.05, 4.69) is 9.82 Å². The summed E-state index contributed by atoms with van der Waals surface area (Å²) in [5.41, 5.74) is 0.944. The zero-order chi connectivity index (χ0) is 15.3. The summed E-state index contributed by atoms with van der Waals surface area (Å²) in [7, 11) is -3.64. The van der Waals surface area contributed by atoms with Gasteiger partial charge in [0.1, 0.15) is 4.90 Å². The normalized spacial score (nSPS) is 13.7. The summed E-state index contributed by atoms with van der Waals surface area (Å²) in [5, 5.41) is 13.1. The maximum Gasteiger partial charge on any atom is 0.244 e. The van der Waals surface area contributed by atoms with Crippen molar-refractivity contribution in [3.05, 3.63) is 11.4 Å². The molecule has 1 aromatic heterocycles. The molecule has 0 fully saturated rings. The Bertz CT molecular complexity index is 539. The summed E-state index contributed by atoms with van der Waals surface area (Å²) in [6.07, 6.45) is 0. The van der Waals surface area contributed by atoms with Gasteiger partial charge in [0.05, 0.1) is 31.1 Å². The van der Waals surface area contributed by atoms with Crippen LogP contribution in [0, 0.1) is 13.8 Å². The molecule has 116 valence electrons. The Kier molecular flexibility index (Phi) is 6.12. The molecule has 7 nitrogen and oxygen atoms in total. The average Bonchev–Trinajstić information content (AvgIpc) is 2.62. The summed E-state index contributed by atoms with van der Waals surface area (Å²) in [4.78, 5) is 0.175. The lowest BCUT2D eigenvalue weighted by Gasteiger charge is -2.14. The van der Waals surface area contributed by atoms with E-state index in [0.717, 1.165) is 0 Å². The molecule has 0 aliphatic carbocycles. The van der Waals surface area contributed by atoms with Gasteiger partial charge >= 0.3 is 0 Å². The van der Waals surface area contributed by atoms with Crippen molar-refractivity contribution in [1.29, 1.82) is 0 Å². The van der Waals surface area contributed by atoms with Crippen LogP contribution in [-0.2, 0) is 21.3 Å². The summed E-state index contributed by atoms with van der Waals surface area (Å²) in [5.74, 6) is 0. The fourth-order valence-corrected chi connectivity index (χ4v) is 3.67. The highest BCUT2D eigenvalue weighted by Gasteiger charge is 2.25. The lowest BCUT2D eigenvalue weighted by atomic mass is 10.4. The third-order valence-corrected chi connectivity index (χ3v) is 4.66. The molecule has 0 aromatic carbocycles. The third kappa shape index (κ3) is 4.02. The summed E-state index contributed by atoms with van der Waals surface area (Å²) in [6.45, 7) is 7.97. The Labute approximate surface area is 120 Å². The number of sulfonamides is 1. The van der Waals surface area contributed by atoms with Crippen LogP contribution in [0.5, 0.6) is 0 Å². The van der Waals surface area contributed by atoms with Gasteiger partial charge in [-0.05, 0) is 27.7 Å². The van der Waals surface area contributed by atoms with Gasteiger partial charge < -0.3 is 9.84 Å². The predicted octanol–water partition coefficient (Wildman–Crippen LogP) is 0.196. The van der Waals surface area contributed by atoms with Gasteiger partial charge in [-0.1, -0.05) is 0 Å². The maximum atomic E-state index is 12.4. The van der Waals surface area contributed by atoms with Gasteiger partial charge in [-0.25, -0.2) is 13.1 Å². The number of aliphatic hydroxyl groups is 1. The van der Waals surface area contributed by atoms with Crippen LogP contribution in [0.25, 0.3) is 0 Å². The molecule has 1 rings (SSSR count). The zero-order valence-corrected chi connectivity index (χ0v) is 13.2. The van der Waals surface area contributed by atoms with Gasteiger partial charge in [0.2, 0.25) is 10.0 Å². The molecule has 0 spiro atoms. The Morgan fingerprint density at radius 2 is 2.10 bits per heavy atom. The monoisotopic (exact) mass is 305 g/mol. The molecule has 0 aliphatic heterocycles. The van der Waals surface area contributed by atoms with Gasteiger partial charge in [0.25, 0.3) is 0 Å². The van der Waals surface area contributed by atoms with Crippen LogP contribution < -0.4 is 4.72 Å². The molecule has 8 heteroatoms. The van der Waals surface area contributed by atoms with Gasteiger partial charge in [0, 0.05) is 12.6 Å². The van der Waals surface area contributed by atoms with Crippen LogP contribution in [0.4, 0.5) is 0 Å². The standard InChI is InChI=1S/C12H23N3O4S/c1-5-19-8-9(2)14-20(17,18)12-10(3)13-15(6-7-16)11(12)4/h9,14,16H,5-8H2,1-4H3. The zero-order valence-electron chi connectivity index (χ0n) is 12.4. The topological polar surface area (TPSA) is 93.5 Å². The van der Waals surface area contributed by atoms with E-state index >= 15 is 0 Å². The van der Waals surface area contributed by atoms with E-state index < -0.39 is 10.0 Å². The first-order valence-corrected chi connectivity index (χ1v) is 8.06. The number of ether oxygens (including phenoxy) is 1. The average molecular weight is 305 g/mol. The molecule has 0 radical (unpaired) electrons. The second-order valence-corrected chi connectivity index (χ2v) is 6.28. The van der Waals surface area contributed by atoms with Gasteiger partial charge in [-0.15, -0.1) is 0 Å². The van der Waals surface area contributed by atoms with Crippen LogP contribution in [0.3, 0.4) is 0 Å². The fourth-order valence-electron chi connectivity index (χ4n) is 2.03. The van der Waals surface area contributed by atoms with E-state index in [4.69, 9.17) is 9.84 Å². The third-order valence-electron chi connectivity index (χ3n) is 2.82. The van der Waals surface area contributed by atoms with Crippen molar-refractivity contribution in [3.63, 3.8) is 0 Å². The number of hydrogen-bond donors (Lipinski definition) is 2. The quantitative estimate of drug-likeness (QED) is 0.715. The molecule has 1 heterocycles. The Morgan fingerprint density at radius 3 is 2.65 bits per heavy atom. The van der Waals surface area contributed by atoms with Crippen molar-refractivity contribution in [3.8, 4) is 0 Å². The van der Waals surface area contributed by atoms with Crippen LogP contribution in [0.1, 0.15) is 25.2 Å². The van der Waals surface area contributed by atoms with Crippen molar-refractivity contribution < 1.29 is 18.3 Å². The minimum atomic E-state index is -3.64. The lowest BCUT2D eigenvalue weighted by Crippen LogP contribution is -2.36. The highest BCUT2D eigenvalue weighted by molar-refractivity contribution is 7.89. The van der Waals surface area contributed by atoms with Crippen molar-refractivity contribution >= 4 is 10.0 Å².